The number of carbonyl (C=O) groups is 1. The summed E-state index contributed by atoms with van der Waals surface area (Å²) >= 11 is 0. The number of carbonyl (C=O) groups excluding carboxylic acids is 1. The van der Waals surface area contributed by atoms with E-state index >= 15 is 0 Å². The van der Waals surface area contributed by atoms with Crippen LogP contribution in [0.25, 0.3) is 10.9 Å². The van der Waals surface area contributed by atoms with Crippen LogP contribution in [0.3, 0.4) is 0 Å². The first-order valence-corrected chi connectivity index (χ1v) is 8.21. The zero-order valence-electron chi connectivity index (χ0n) is 13.6. The van der Waals surface area contributed by atoms with E-state index in [0.717, 1.165) is 16.7 Å². The van der Waals surface area contributed by atoms with E-state index < -0.39 is 0 Å². The predicted molar refractivity (Wildman–Crippen MR) is 95.6 cm³/mol. The number of fused-ring (bicyclic) bond motifs is 1. The van der Waals surface area contributed by atoms with Crippen LogP contribution in [0.1, 0.15) is 0 Å². The number of likely N-dealkylation sites (tertiary alicyclic amines) is 1. The van der Waals surface area contributed by atoms with Crippen molar-refractivity contribution in [2.24, 2.45) is 5.92 Å². The van der Waals surface area contributed by atoms with Crippen LogP contribution in [0, 0.1) is 5.92 Å². The second-order valence-electron chi connectivity index (χ2n) is 6.11. The Morgan fingerprint density at radius 2 is 2.08 bits per heavy atom. The third-order valence-electron chi connectivity index (χ3n) is 4.22. The Labute approximate surface area is 145 Å². The first-order valence-electron chi connectivity index (χ1n) is 8.21. The summed E-state index contributed by atoms with van der Waals surface area (Å²) in [5.74, 6) is 1.18. The van der Waals surface area contributed by atoms with Gasteiger partial charge in [-0.05, 0) is 36.4 Å². The van der Waals surface area contributed by atoms with Gasteiger partial charge in [0.05, 0.1) is 24.0 Å². The molecule has 1 saturated heterocycles. The van der Waals surface area contributed by atoms with E-state index in [1.54, 1.807) is 29.6 Å². The van der Waals surface area contributed by atoms with Gasteiger partial charge in [-0.1, -0.05) is 6.07 Å². The van der Waals surface area contributed by atoms with Crippen molar-refractivity contribution in [1.29, 1.82) is 0 Å². The summed E-state index contributed by atoms with van der Waals surface area (Å²) in [5.41, 5.74) is 1.66. The Hall–Kier alpha value is -3.15. The van der Waals surface area contributed by atoms with Gasteiger partial charge in [0.2, 0.25) is 0 Å². The van der Waals surface area contributed by atoms with Crippen molar-refractivity contribution in [2.75, 3.05) is 25.0 Å². The van der Waals surface area contributed by atoms with Crippen molar-refractivity contribution in [1.82, 2.24) is 14.9 Å². The minimum Gasteiger partial charge on any atom is -0.493 e. The van der Waals surface area contributed by atoms with Gasteiger partial charge in [-0.15, -0.1) is 0 Å². The average molecular weight is 334 g/mol. The molecule has 0 unspecified atom stereocenters. The number of nitrogens with one attached hydrogen (secondary N) is 1. The molecule has 0 radical (unpaired) electrons. The Bertz CT molecular complexity index is 879. The molecule has 1 aromatic carbocycles. The summed E-state index contributed by atoms with van der Waals surface area (Å²) in [4.78, 5) is 22.1. The van der Waals surface area contributed by atoms with Crippen molar-refractivity contribution in [3.63, 3.8) is 0 Å². The molecule has 25 heavy (non-hydrogen) atoms. The van der Waals surface area contributed by atoms with E-state index in [2.05, 4.69) is 15.3 Å². The van der Waals surface area contributed by atoms with Crippen LogP contribution in [0.5, 0.6) is 5.75 Å². The SMILES string of the molecule is O=C(Nc1cccnc1)N1CC(COc2ccc3ncccc3c2)C1. The summed E-state index contributed by atoms with van der Waals surface area (Å²) in [6.45, 7) is 1.99. The highest BCUT2D eigenvalue weighted by atomic mass is 16.5. The van der Waals surface area contributed by atoms with E-state index in [4.69, 9.17) is 4.74 Å². The Morgan fingerprint density at radius 1 is 1.20 bits per heavy atom. The number of rotatable bonds is 4. The highest BCUT2D eigenvalue weighted by Gasteiger charge is 2.31. The number of anilines is 1. The summed E-state index contributed by atoms with van der Waals surface area (Å²) < 4.78 is 5.87. The Morgan fingerprint density at radius 3 is 2.92 bits per heavy atom. The van der Waals surface area contributed by atoms with Crippen molar-refractivity contribution in [3.8, 4) is 5.75 Å². The van der Waals surface area contributed by atoms with Crippen molar-refractivity contribution in [2.45, 2.75) is 0 Å². The highest BCUT2D eigenvalue weighted by molar-refractivity contribution is 5.89. The number of urea groups is 1. The molecule has 3 heterocycles. The van der Waals surface area contributed by atoms with E-state index in [0.29, 0.717) is 31.3 Å². The molecule has 4 rings (SSSR count). The predicted octanol–water partition coefficient (Wildman–Crippen LogP) is 3.17. The van der Waals surface area contributed by atoms with Crippen LogP contribution in [-0.4, -0.2) is 40.6 Å². The van der Waals surface area contributed by atoms with E-state index in [9.17, 15) is 4.79 Å². The lowest BCUT2D eigenvalue weighted by molar-refractivity contribution is 0.0925. The number of benzene rings is 1. The van der Waals surface area contributed by atoms with Crippen LogP contribution in [0.2, 0.25) is 0 Å². The molecule has 126 valence electrons. The van der Waals surface area contributed by atoms with Gasteiger partial charge in [0.25, 0.3) is 0 Å². The average Bonchev–Trinajstić information content (AvgIpc) is 2.61. The maximum absolute atomic E-state index is 12.1. The summed E-state index contributed by atoms with van der Waals surface area (Å²) in [6, 6.07) is 13.3. The summed E-state index contributed by atoms with van der Waals surface area (Å²) in [5, 5.41) is 3.90. The molecule has 6 heteroatoms. The first kappa shape index (κ1) is 15.4. The molecule has 0 spiro atoms. The van der Waals surface area contributed by atoms with Gasteiger partial charge in [-0.25, -0.2) is 4.79 Å². The van der Waals surface area contributed by atoms with Crippen LogP contribution in [0.15, 0.2) is 61.1 Å². The maximum Gasteiger partial charge on any atom is 0.321 e. The number of aromatic nitrogens is 2. The number of nitrogens with zero attached hydrogens (tertiary/aromatic N) is 3. The lowest BCUT2D eigenvalue weighted by Gasteiger charge is -2.38. The molecule has 2 aromatic heterocycles. The van der Waals surface area contributed by atoms with Gasteiger partial charge >= 0.3 is 6.03 Å². The molecular formula is C19H18N4O2. The summed E-state index contributed by atoms with van der Waals surface area (Å²) in [7, 11) is 0. The fourth-order valence-corrected chi connectivity index (χ4v) is 2.84. The maximum atomic E-state index is 12.1. The van der Waals surface area contributed by atoms with Gasteiger partial charge in [0.15, 0.2) is 0 Å². The molecular weight excluding hydrogens is 316 g/mol. The van der Waals surface area contributed by atoms with Crippen molar-refractivity contribution in [3.05, 3.63) is 61.1 Å². The number of ether oxygens (including phenoxy) is 1. The first-order chi connectivity index (χ1) is 12.3. The quantitative estimate of drug-likeness (QED) is 0.796. The second-order valence-corrected chi connectivity index (χ2v) is 6.11. The third kappa shape index (κ3) is 3.52. The number of hydrogen-bond acceptors (Lipinski definition) is 4. The Kier molecular flexibility index (Phi) is 4.16. The monoisotopic (exact) mass is 334 g/mol. The van der Waals surface area contributed by atoms with Crippen LogP contribution in [-0.2, 0) is 0 Å². The Balaban J connectivity index is 1.26. The van der Waals surface area contributed by atoms with Gasteiger partial charge in [0, 0.05) is 36.8 Å². The topological polar surface area (TPSA) is 67.4 Å². The third-order valence-corrected chi connectivity index (χ3v) is 4.22. The highest BCUT2D eigenvalue weighted by Crippen LogP contribution is 2.22. The van der Waals surface area contributed by atoms with Gasteiger partial charge < -0.3 is 15.0 Å². The molecule has 1 N–H and O–H groups in total. The molecule has 2 amide bonds. The normalized spacial score (nSPS) is 14.2. The minimum absolute atomic E-state index is 0.0963. The number of pyridine rings is 2. The van der Waals surface area contributed by atoms with E-state index in [1.165, 1.54) is 0 Å². The minimum atomic E-state index is -0.0963. The molecule has 6 nitrogen and oxygen atoms in total. The molecule has 3 aromatic rings. The van der Waals surface area contributed by atoms with Crippen LogP contribution in [0.4, 0.5) is 10.5 Å². The molecule has 0 atom stereocenters. The summed E-state index contributed by atoms with van der Waals surface area (Å²) in [6.07, 6.45) is 5.09. The smallest absolute Gasteiger partial charge is 0.321 e. The van der Waals surface area contributed by atoms with E-state index in [-0.39, 0.29) is 6.03 Å². The van der Waals surface area contributed by atoms with Gasteiger partial charge in [0.1, 0.15) is 5.75 Å². The van der Waals surface area contributed by atoms with Crippen LogP contribution < -0.4 is 10.1 Å². The fourth-order valence-electron chi connectivity index (χ4n) is 2.84. The molecule has 0 aliphatic carbocycles. The van der Waals surface area contributed by atoms with Crippen molar-refractivity contribution < 1.29 is 9.53 Å². The second kappa shape index (κ2) is 6.76. The molecule has 1 aliphatic heterocycles. The molecule has 0 saturated carbocycles. The van der Waals surface area contributed by atoms with Gasteiger partial charge in [-0.2, -0.15) is 0 Å². The zero-order chi connectivity index (χ0) is 17.1. The fraction of sp³-hybridized carbons (Fsp3) is 0.211. The van der Waals surface area contributed by atoms with Crippen LogP contribution >= 0.6 is 0 Å². The molecule has 1 aliphatic rings. The lowest BCUT2D eigenvalue weighted by atomic mass is 10.0. The molecule has 0 bridgehead atoms. The number of amides is 2. The number of hydrogen-bond donors (Lipinski definition) is 1. The van der Waals surface area contributed by atoms with E-state index in [1.807, 2.05) is 36.4 Å². The van der Waals surface area contributed by atoms with Gasteiger partial charge in [-0.3, -0.25) is 9.97 Å². The standard InChI is InChI=1S/C19H18N4O2/c24-19(22-16-4-2-7-20-10-16)23-11-14(12-23)13-25-17-5-6-18-15(9-17)3-1-8-21-18/h1-10,14H,11-13H2,(H,22,24). The zero-order valence-corrected chi connectivity index (χ0v) is 13.6. The van der Waals surface area contributed by atoms with Crippen molar-refractivity contribution >= 4 is 22.6 Å². The molecule has 1 fully saturated rings. The largest absolute Gasteiger partial charge is 0.493 e. The lowest BCUT2D eigenvalue weighted by Crippen LogP contribution is -2.53.